The van der Waals surface area contributed by atoms with Crippen molar-refractivity contribution in [1.82, 2.24) is 0 Å². The highest BCUT2D eigenvalue weighted by atomic mass is 14.6. The molecule has 2 aromatic carbocycles. The molecular formula is C15H8N. The highest BCUT2D eigenvalue weighted by Crippen LogP contribution is 2.11. The minimum Gasteiger partial charge on any atom is -0.238 e. The molecule has 2 rings (SSSR count). The third-order valence-electron chi connectivity index (χ3n) is 2.05. The molecule has 0 fully saturated rings. The molecule has 16 heavy (non-hydrogen) atoms. The summed E-state index contributed by atoms with van der Waals surface area (Å²) in [5.41, 5.74) is 2.42. The quantitative estimate of drug-likeness (QED) is 0.455. The van der Waals surface area contributed by atoms with Crippen LogP contribution in [0.15, 0.2) is 48.5 Å². The van der Waals surface area contributed by atoms with Crippen LogP contribution in [0.1, 0.15) is 11.1 Å². The van der Waals surface area contributed by atoms with Gasteiger partial charge in [-0.2, -0.15) is 0 Å². The second-order valence-electron chi connectivity index (χ2n) is 3.18. The molecule has 73 valence electrons. The van der Waals surface area contributed by atoms with E-state index >= 15 is 0 Å². The topological polar surface area (TPSA) is 4.36 Å². The van der Waals surface area contributed by atoms with E-state index in [1.54, 1.807) is 12.1 Å². The van der Waals surface area contributed by atoms with Crippen molar-refractivity contribution in [2.24, 2.45) is 0 Å². The SMILES string of the molecule is [C-]#[N+]c1ccc(C#Cc2[c]cccc2)cc1. The first-order valence-corrected chi connectivity index (χ1v) is 4.85. The van der Waals surface area contributed by atoms with Crippen molar-refractivity contribution in [3.05, 3.63) is 77.1 Å². The highest BCUT2D eigenvalue weighted by molar-refractivity contribution is 5.50. The van der Waals surface area contributed by atoms with E-state index in [9.17, 15) is 0 Å². The summed E-state index contributed by atoms with van der Waals surface area (Å²) in [6, 6.07) is 17.9. The molecule has 0 aliphatic rings. The maximum absolute atomic E-state index is 6.83. The summed E-state index contributed by atoms with van der Waals surface area (Å²) < 4.78 is 0. The van der Waals surface area contributed by atoms with Gasteiger partial charge in [-0.25, -0.2) is 4.85 Å². The van der Waals surface area contributed by atoms with Crippen LogP contribution in [0.4, 0.5) is 5.69 Å². The van der Waals surface area contributed by atoms with Gasteiger partial charge in [0.2, 0.25) is 0 Å². The van der Waals surface area contributed by atoms with Crippen LogP contribution < -0.4 is 0 Å². The Morgan fingerprint density at radius 3 is 2.44 bits per heavy atom. The molecule has 0 amide bonds. The Balaban J connectivity index is 2.22. The average Bonchev–Trinajstić information content (AvgIpc) is 2.38. The zero-order valence-electron chi connectivity index (χ0n) is 8.57. The summed E-state index contributed by atoms with van der Waals surface area (Å²) >= 11 is 0. The first-order valence-electron chi connectivity index (χ1n) is 4.85. The van der Waals surface area contributed by atoms with Crippen molar-refractivity contribution in [2.45, 2.75) is 0 Å². The van der Waals surface area contributed by atoms with Crippen LogP contribution in [0.5, 0.6) is 0 Å². The normalized spacial score (nSPS) is 8.69. The maximum atomic E-state index is 6.83. The predicted octanol–water partition coefficient (Wildman–Crippen LogP) is 3.44. The standard InChI is InChI=1S/C15H8N/c1-16-15-11-9-14(10-12-15)8-7-13-5-3-2-4-6-13/h2-5,9-12H. The van der Waals surface area contributed by atoms with Gasteiger partial charge in [0.1, 0.15) is 0 Å². The predicted molar refractivity (Wildman–Crippen MR) is 64.0 cm³/mol. The minimum atomic E-state index is 0.636. The van der Waals surface area contributed by atoms with E-state index in [1.807, 2.05) is 36.4 Å². The van der Waals surface area contributed by atoms with Crippen LogP contribution in [-0.2, 0) is 0 Å². The Kier molecular flexibility index (Phi) is 3.02. The second-order valence-corrected chi connectivity index (χ2v) is 3.18. The maximum Gasteiger partial charge on any atom is 0.187 e. The molecule has 1 nitrogen and oxygen atoms in total. The minimum absolute atomic E-state index is 0.636. The Labute approximate surface area is 95.2 Å². The molecule has 0 bridgehead atoms. The van der Waals surface area contributed by atoms with E-state index in [4.69, 9.17) is 6.57 Å². The summed E-state index contributed by atoms with van der Waals surface area (Å²) in [5.74, 6) is 6.04. The monoisotopic (exact) mass is 202 g/mol. The van der Waals surface area contributed by atoms with Crippen LogP contribution in [0.2, 0.25) is 0 Å². The van der Waals surface area contributed by atoms with Crippen LogP contribution in [-0.4, -0.2) is 0 Å². The van der Waals surface area contributed by atoms with E-state index in [1.165, 1.54) is 0 Å². The first kappa shape index (κ1) is 10.0. The van der Waals surface area contributed by atoms with Gasteiger partial charge < -0.3 is 0 Å². The van der Waals surface area contributed by atoms with Crippen LogP contribution >= 0.6 is 0 Å². The molecule has 0 aromatic heterocycles. The first-order chi connectivity index (χ1) is 7.88. The van der Waals surface area contributed by atoms with Gasteiger partial charge in [-0.05, 0) is 12.1 Å². The second kappa shape index (κ2) is 4.82. The van der Waals surface area contributed by atoms with Gasteiger partial charge in [-0.15, -0.1) is 0 Å². The van der Waals surface area contributed by atoms with Gasteiger partial charge in [0, 0.05) is 11.1 Å². The Hall–Kier alpha value is -2.51. The third kappa shape index (κ3) is 2.50. The lowest BCUT2D eigenvalue weighted by Crippen LogP contribution is -1.74. The smallest absolute Gasteiger partial charge is 0.187 e. The van der Waals surface area contributed by atoms with Crippen molar-refractivity contribution in [3.63, 3.8) is 0 Å². The summed E-state index contributed by atoms with van der Waals surface area (Å²) in [5, 5.41) is 0. The van der Waals surface area contributed by atoms with E-state index < -0.39 is 0 Å². The fourth-order valence-electron chi connectivity index (χ4n) is 1.23. The van der Waals surface area contributed by atoms with Crippen molar-refractivity contribution in [3.8, 4) is 11.8 Å². The molecule has 0 aliphatic carbocycles. The summed E-state index contributed by atoms with van der Waals surface area (Å²) in [4.78, 5) is 3.33. The molecule has 1 heteroatoms. The van der Waals surface area contributed by atoms with Gasteiger partial charge in [0.25, 0.3) is 0 Å². The number of nitrogens with zero attached hydrogens (tertiary/aromatic N) is 1. The molecule has 0 aliphatic heterocycles. The van der Waals surface area contributed by atoms with Crippen LogP contribution in [0.25, 0.3) is 4.85 Å². The summed E-state index contributed by atoms with van der Waals surface area (Å²) in [6.07, 6.45) is 0. The lowest BCUT2D eigenvalue weighted by atomic mass is 10.2. The molecular weight excluding hydrogens is 194 g/mol. The van der Waals surface area contributed by atoms with Crippen molar-refractivity contribution < 1.29 is 0 Å². The molecule has 0 heterocycles. The van der Waals surface area contributed by atoms with Crippen LogP contribution in [0, 0.1) is 24.5 Å². The molecule has 1 radical (unpaired) electrons. The lowest BCUT2D eigenvalue weighted by molar-refractivity contribution is 1.62. The summed E-state index contributed by atoms with van der Waals surface area (Å²) in [7, 11) is 0. The molecule has 0 N–H and O–H groups in total. The highest BCUT2D eigenvalue weighted by Gasteiger charge is 1.89. The molecule has 0 saturated carbocycles. The zero-order valence-corrected chi connectivity index (χ0v) is 8.57. The largest absolute Gasteiger partial charge is 0.238 e. The van der Waals surface area contributed by atoms with E-state index in [0.717, 1.165) is 11.1 Å². The van der Waals surface area contributed by atoms with Gasteiger partial charge in [-0.3, -0.25) is 0 Å². The van der Waals surface area contributed by atoms with Crippen molar-refractivity contribution in [1.29, 1.82) is 0 Å². The molecule has 0 saturated heterocycles. The summed E-state index contributed by atoms with van der Waals surface area (Å²) in [6.45, 7) is 6.83. The fraction of sp³-hybridized carbons (Fsp3) is 0. The number of hydrogen-bond donors (Lipinski definition) is 0. The average molecular weight is 202 g/mol. The molecule has 0 spiro atoms. The fourth-order valence-corrected chi connectivity index (χ4v) is 1.23. The molecule has 2 aromatic rings. The number of rotatable bonds is 0. The van der Waals surface area contributed by atoms with Crippen molar-refractivity contribution >= 4 is 5.69 Å². The Morgan fingerprint density at radius 1 is 1.00 bits per heavy atom. The van der Waals surface area contributed by atoms with E-state index in [2.05, 4.69) is 22.8 Å². The van der Waals surface area contributed by atoms with Crippen molar-refractivity contribution in [2.75, 3.05) is 0 Å². The van der Waals surface area contributed by atoms with Crippen LogP contribution in [0.3, 0.4) is 0 Å². The molecule has 0 atom stereocenters. The molecule has 0 unspecified atom stereocenters. The van der Waals surface area contributed by atoms with Gasteiger partial charge in [0.05, 0.1) is 6.57 Å². The number of benzene rings is 2. The van der Waals surface area contributed by atoms with Gasteiger partial charge in [-0.1, -0.05) is 54.3 Å². The Bertz CT molecular complexity index is 563. The third-order valence-corrected chi connectivity index (χ3v) is 2.05. The van der Waals surface area contributed by atoms with E-state index in [-0.39, 0.29) is 0 Å². The van der Waals surface area contributed by atoms with Gasteiger partial charge >= 0.3 is 0 Å². The zero-order chi connectivity index (χ0) is 11.2. The van der Waals surface area contributed by atoms with E-state index in [0.29, 0.717) is 5.69 Å². The van der Waals surface area contributed by atoms with Gasteiger partial charge in [0.15, 0.2) is 5.69 Å². The number of hydrogen-bond acceptors (Lipinski definition) is 0. The lowest BCUT2D eigenvalue weighted by Gasteiger charge is -1.90. The Morgan fingerprint density at radius 2 is 1.81 bits per heavy atom.